The molecule has 9 heteroatoms. The summed E-state index contributed by atoms with van der Waals surface area (Å²) in [4.78, 5) is 11.4. The molecule has 0 aliphatic rings. The Kier molecular flexibility index (Phi) is 14.9. The van der Waals surface area contributed by atoms with Crippen LogP contribution >= 0.6 is 0 Å². The lowest BCUT2D eigenvalue weighted by Crippen LogP contribution is -2.46. The van der Waals surface area contributed by atoms with Gasteiger partial charge in [-0.15, -0.1) is 0 Å². The van der Waals surface area contributed by atoms with Crippen molar-refractivity contribution in [3.05, 3.63) is 18.0 Å². The van der Waals surface area contributed by atoms with Crippen molar-refractivity contribution >= 4 is 14.8 Å². The highest BCUT2D eigenvalue weighted by molar-refractivity contribution is 6.60. The summed E-state index contributed by atoms with van der Waals surface area (Å²) in [5.74, 6) is 0.751. The van der Waals surface area contributed by atoms with Gasteiger partial charge in [-0.05, 0) is 33.6 Å². The van der Waals surface area contributed by atoms with Crippen molar-refractivity contribution in [1.82, 2.24) is 9.97 Å². The van der Waals surface area contributed by atoms with Crippen LogP contribution in [0.3, 0.4) is 0 Å². The molecule has 0 unspecified atom stereocenters. The zero-order valence-electron chi connectivity index (χ0n) is 19.5. The Bertz CT molecular complexity index is 519. The van der Waals surface area contributed by atoms with E-state index in [1.165, 1.54) is 0 Å². The number of aromatic nitrogens is 2. The van der Waals surface area contributed by atoms with Crippen LogP contribution in [0.1, 0.15) is 52.5 Å². The van der Waals surface area contributed by atoms with Gasteiger partial charge in [0.1, 0.15) is 0 Å². The van der Waals surface area contributed by atoms with E-state index < -0.39 is 8.80 Å². The third-order valence-corrected chi connectivity index (χ3v) is 7.61. The zero-order valence-corrected chi connectivity index (χ0v) is 20.5. The van der Waals surface area contributed by atoms with Crippen LogP contribution in [-0.4, -0.2) is 72.0 Å². The van der Waals surface area contributed by atoms with E-state index in [9.17, 15) is 0 Å². The van der Waals surface area contributed by atoms with Crippen LogP contribution in [-0.2, 0) is 29.4 Å². The Balaban J connectivity index is 2.69. The summed E-state index contributed by atoms with van der Waals surface area (Å²) in [6.07, 6.45) is 6.80. The number of hydrogen-bond donors (Lipinski definition) is 0. The smallest absolute Gasteiger partial charge is 0.382 e. The number of ether oxygens (including phenoxy) is 2. The molecule has 1 aromatic heterocycles. The van der Waals surface area contributed by atoms with E-state index in [2.05, 4.69) is 21.8 Å². The van der Waals surface area contributed by atoms with Crippen molar-refractivity contribution in [2.75, 3.05) is 58.1 Å². The van der Waals surface area contributed by atoms with E-state index in [1.54, 1.807) is 7.11 Å². The molecule has 0 aromatic carbocycles. The molecule has 0 aliphatic heterocycles. The quantitative estimate of drug-likeness (QED) is 0.237. The average molecular weight is 444 g/mol. The molecule has 0 radical (unpaired) electrons. The van der Waals surface area contributed by atoms with Gasteiger partial charge in [-0.25, -0.2) is 9.97 Å². The zero-order chi connectivity index (χ0) is 22.1. The summed E-state index contributed by atoms with van der Waals surface area (Å²) >= 11 is 0. The van der Waals surface area contributed by atoms with Crippen molar-refractivity contribution in [3.8, 4) is 0 Å². The van der Waals surface area contributed by atoms with Crippen molar-refractivity contribution in [2.24, 2.45) is 0 Å². The van der Waals surface area contributed by atoms with Crippen LogP contribution in [0.5, 0.6) is 0 Å². The van der Waals surface area contributed by atoms with E-state index in [0.29, 0.717) is 39.6 Å². The van der Waals surface area contributed by atoms with Gasteiger partial charge in [0.25, 0.3) is 0 Å². The predicted octanol–water partition coefficient (Wildman–Crippen LogP) is 3.68. The van der Waals surface area contributed by atoms with E-state index >= 15 is 0 Å². The first-order valence-electron chi connectivity index (χ1n) is 11.2. The highest BCUT2D eigenvalue weighted by atomic mass is 28.4. The fraction of sp³-hybridized carbons (Fsp3) is 0.810. The van der Waals surface area contributed by atoms with Gasteiger partial charge in [-0.2, -0.15) is 0 Å². The third kappa shape index (κ3) is 10.3. The maximum Gasteiger partial charge on any atom is 0.500 e. The summed E-state index contributed by atoms with van der Waals surface area (Å²) in [6, 6.07) is 0.788. The number of methoxy groups -OCH3 is 1. The van der Waals surface area contributed by atoms with Gasteiger partial charge in [-0.1, -0.05) is 13.3 Å². The number of unbranched alkanes of at least 4 members (excludes halogenated alkanes) is 1. The number of anilines is 1. The molecule has 0 N–H and O–H groups in total. The fourth-order valence-electron chi connectivity index (χ4n) is 3.07. The average Bonchev–Trinajstić information content (AvgIpc) is 2.75. The van der Waals surface area contributed by atoms with Crippen LogP contribution in [0.2, 0.25) is 6.04 Å². The number of nitrogens with zero attached hydrogens (tertiary/aromatic N) is 3. The lowest BCUT2D eigenvalue weighted by molar-refractivity contribution is 0.0614. The third-order valence-electron chi connectivity index (χ3n) is 4.46. The summed E-state index contributed by atoms with van der Waals surface area (Å²) in [5, 5.41) is 0. The van der Waals surface area contributed by atoms with Crippen molar-refractivity contribution in [1.29, 1.82) is 0 Å². The molecule has 0 saturated carbocycles. The second kappa shape index (κ2) is 16.6. The van der Waals surface area contributed by atoms with Crippen molar-refractivity contribution in [2.45, 2.75) is 59.6 Å². The second-order valence-corrected chi connectivity index (χ2v) is 9.59. The van der Waals surface area contributed by atoms with Gasteiger partial charge in [0.2, 0.25) is 5.95 Å². The molecule has 0 fully saturated rings. The van der Waals surface area contributed by atoms with Crippen LogP contribution in [0.15, 0.2) is 12.4 Å². The van der Waals surface area contributed by atoms with E-state index in [1.807, 2.05) is 33.2 Å². The maximum absolute atomic E-state index is 5.97. The van der Waals surface area contributed by atoms with Crippen LogP contribution < -0.4 is 4.90 Å². The first kappa shape index (κ1) is 26.9. The Morgan fingerprint density at radius 2 is 1.47 bits per heavy atom. The Labute approximate surface area is 183 Å². The molecule has 0 aliphatic carbocycles. The summed E-state index contributed by atoms with van der Waals surface area (Å²) in [5.41, 5.74) is 0.959. The minimum Gasteiger partial charge on any atom is -0.382 e. The molecule has 30 heavy (non-hydrogen) atoms. The Morgan fingerprint density at radius 3 is 2.00 bits per heavy atom. The highest BCUT2D eigenvalue weighted by Crippen LogP contribution is 2.20. The SMILES string of the molecule is CCCCN(CCC[Si](OCC)(OCC)OCC)c1ncc(COCCOC)cn1. The molecule has 0 amide bonds. The molecule has 1 aromatic rings. The van der Waals surface area contributed by atoms with Gasteiger partial charge in [0, 0.05) is 64.0 Å². The standard InChI is InChI=1S/C21H41N3O5Si/c1-6-10-12-24(13-11-16-30(27-7-2,28-8-3)29-9-4)21-22-17-20(18-23-21)19-26-15-14-25-5/h17-18H,6-16,19H2,1-5H3. The first-order chi connectivity index (χ1) is 14.6. The summed E-state index contributed by atoms with van der Waals surface area (Å²) in [6.45, 7) is 13.4. The number of rotatable bonds is 19. The molecule has 0 bridgehead atoms. The van der Waals surface area contributed by atoms with Crippen LogP contribution in [0.25, 0.3) is 0 Å². The lowest BCUT2D eigenvalue weighted by Gasteiger charge is -2.29. The second-order valence-electron chi connectivity index (χ2n) is 6.86. The van der Waals surface area contributed by atoms with E-state index in [4.69, 9.17) is 22.8 Å². The predicted molar refractivity (Wildman–Crippen MR) is 121 cm³/mol. The molecule has 0 atom stereocenters. The molecule has 174 valence electrons. The molecule has 1 rings (SSSR count). The van der Waals surface area contributed by atoms with Gasteiger partial charge in [0.15, 0.2) is 0 Å². The highest BCUT2D eigenvalue weighted by Gasteiger charge is 2.39. The minimum atomic E-state index is -2.62. The molecule has 0 saturated heterocycles. The maximum atomic E-state index is 5.97. The van der Waals surface area contributed by atoms with Crippen LogP contribution in [0, 0.1) is 0 Å². The van der Waals surface area contributed by atoms with Gasteiger partial charge in [0.05, 0.1) is 19.8 Å². The van der Waals surface area contributed by atoms with Crippen LogP contribution in [0.4, 0.5) is 5.95 Å². The van der Waals surface area contributed by atoms with Crippen molar-refractivity contribution in [3.63, 3.8) is 0 Å². The first-order valence-corrected chi connectivity index (χ1v) is 13.1. The Morgan fingerprint density at radius 1 is 0.867 bits per heavy atom. The largest absolute Gasteiger partial charge is 0.500 e. The van der Waals surface area contributed by atoms with Crippen molar-refractivity contribution < 1.29 is 22.8 Å². The Hall–Kier alpha value is -1.10. The molecular weight excluding hydrogens is 402 g/mol. The fourth-order valence-corrected chi connectivity index (χ4v) is 5.66. The van der Waals surface area contributed by atoms with Gasteiger partial charge in [-0.3, -0.25) is 0 Å². The molecular formula is C21H41N3O5Si. The van der Waals surface area contributed by atoms with E-state index in [0.717, 1.165) is 49.9 Å². The lowest BCUT2D eigenvalue weighted by atomic mass is 10.3. The minimum absolute atomic E-state index is 0.490. The topological polar surface area (TPSA) is 75.2 Å². The normalized spacial score (nSPS) is 11.8. The number of hydrogen-bond acceptors (Lipinski definition) is 8. The van der Waals surface area contributed by atoms with E-state index in [-0.39, 0.29) is 0 Å². The molecule has 0 spiro atoms. The summed E-state index contributed by atoms with van der Waals surface area (Å²) in [7, 11) is -0.957. The molecule has 1 heterocycles. The monoisotopic (exact) mass is 443 g/mol. The van der Waals surface area contributed by atoms with Gasteiger partial charge < -0.3 is 27.7 Å². The van der Waals surface area contributed by atoms with Gasteiger partial charge >= 0.3 is 8.80 Å². The summed E-state index contributed by atoms with van der Waals surface area (Å²) < 4.78 is 28.4. The molecule has 8 nitrogen and oxygen atoms in total.